The van der Waals surface area contributed by atoms with E-state index in [1.165, 1.54) is 0 Å². The number of hydrogen-bond donors (Lipinski definition) is 2. The van der Waals surface area contributed by atoms with Gasteiger partial charge in [0.1, 0.15) is 6.54 Å². The van der Waals surface area contributed by atoms with Crippen molar-refractivity contribution in [2.75, 3.05) is 26.7 Å². The molecule has 1 aromatic rings. The lowest BCUT2D eigenvalue weighted by Gasteiger charge is -2.33. The third-order valence-corrected chi connectivity index (χ3v) is 5.90. The molecule has 1 aromatic carbocycles. The van der Waals surface area contributed by atoms with E-state index in [1.807, 2.05) is 25.2 Å². The zero-order chi connectivity index (χ0) is 18.8. The van der Waals surface area contributed by atoms with Gasteiger partial charge in [-0.15, -0.1) is 0 Å². The summed E-state index contributed by atoms with van der Waals surface area (Å²) in [5, 5.41) is 20.5. The van der Waals surface area contributed by atoms with E-state index in [2.05, 4.69) is 0 Å². The summed E-state index contributed by atoms with van der Waals surface area (Å²) in [7, 11) is 1.86. The van der Waals surface area contributed by atoms with E-state index in [4.69, 9.17) is 9.84 Å². The number of carbonyl (C=O) groups excluding carboxylic acids is 1. The number of quaternary nitrogens is 1. The van der Waals surface area contributed by atoms with Gasteiger partial charge in [0.25, 0.3) is 0 Å². The Morgan fingerprint density at radius 2 is 1.85 bits per heavy atom. The van der Waals surface area contributed by atoms with Gasteiger partial charge in [-0.25, -0.2) is 9.59 Å². The molecule has 3 atom stereocenters. The molecule has 0 bridgehead atoms. The van der Waals surface area contributed by atoms with Crippen molar-refractivity contribution in [1.82, 2.24) is 0 Å². The van der Waals surface area contributed by atoms with Crippen LogP contribution in [0.5, 0.6) is 0 Å². The van der Waals surface area contributed by atoms with Gasteiger partial charge in [0, 0.05) is 12.3 Å². The van der Waals surface area contributed by atoms with Crippen LogP contribution in [-0.4, -0.2) is 59.4 Å². The van der Waals surface area contributed by atoms with Crippen LogP contribution in [0.15, 0.2) is 30.3 Å². The number of hydrogen-bond acceptors (Lipinski definition) is 4. The van der Waals surface area contributed by atoms with E-state index in [0.717, 1.165) is 25.7 Å². The Kier molecular flexibility index (Phi) is 5.34. The molecule has 0 aromatic heterocycles. The van der Waals surface area contributed by atoms with Crippen LogP contribution in [0.4, 0.5) is 0 Å². The number of nitrogens with zero attached hydrogens (tertiary/aromatic N) is 1. The molecule has 1 unspecified atom stereocenters. The first-order valence-corrected chi connectivity index (χ1v) is 9.38. The second-order valence-electron chi connectivity index (χ2n) is 8.01. The van der Waals surface area contributed by atoms with E-state index in [0.29, 0.717) is 29.6 Å². The molecule has 6 nitrogen and oxygen atoms in total. The van der Waals surface area contributed by atoms with Crippen molar-refractivity contribution in [3.63, 3.8) is 0 Å². The predicted octanol–water partition coefficient (Wildman–Crippen LogP) is 1.91. The zero-order valence-electron chi connectivity index (χ0n) is 15.3. The minimum atomic E-state index is -1.63. The summed E-state index contributed by atoms with van der Waals surface area (Å²) < 4.78 is 6.07. The Bertz CT molecular complexity index is 657. The normalized spacial score (nSPS) is 28.6. The molecule has 1 saturated carbocycles. The lowest BCUT2D eigenvalue weighted by molar-refractivity contribution is -0.891. The van der Waals surface area contributed by atoms with Gasteiger partial charge < -0.3 is 19.4 Å². The van der Waals surface area contributed by atoms with E-state index in [-0.39, 0.29) is 18.6 Å². The minimum absolute atomic E-state index is 0.0135. The van der Waals surface area contributed by atoms with Crippen LogP contribution in [0.3, 0.4) is 0 Å². The molecule has 0 radical (unpaired) electrons. The number of carboxylic acids is 1. The van der Waals surface area contributed by atoms with Crippen molar-refractivity contribution in [2.24, 2.45) is 5.92 Å². The summed E-state index contributed by atoms with van der Waals surface area (Å²) in [6, 6.07) is 9.05. The van der Waals surface area contributed by atoms with Crippen LogP contribution in [-0.2, 0) is 19.9 Å². The molecule has 26 heavy (non-hydrogen) atoms. The standard InChI is InChI=1S/C20H27NO5/c1-21(14-18(22)23)12-11-17(13-21)26-19(24)20(25,16-9-5-6-10-16)15-7-3-2-4-8-15/h2-4,7-8,16-17,25H,5-6,9-14H2,1H3/p+1/t17-,20?,21+/m0/s1. The predicted molar refractivity (Wildman–Crippen MR) is 95.2 cm³/mol. The van der Waals surface area contributed by atoms with Crippen molar-refractivity contribution in [3.8, 4) is 0 Å². The summed E-state index contributed by atoms with van der Waals surface area (Å²) in [6.07, 6.45) is 3.87. The van der Waals surface area contributed by atoms with E-state index in [9.17, 15) is 14.7 Å². The third kappa shape index (κ3) is 3.76. The molecule has 1 heterocycles. The summed E-state index contributed by atoms with van der Waals surface area (Å²) in [5.41, 5.74) is -1.05. The molecular weight excluding hydrogens is 334 g/mol. The average molecular weight is 362 g/mol. The first-order chi connectivity index (χ1) is 12.3. The van der Waals surface area contributed by atoms with Crippen molar-refractivity contribution in [2.45, 2.75) is 43.8 Å². The molecule has 1 aliphatic carbocycles. The van der Waals surface area contributed by atoms with Crippen molar-refractivity contribution in [3.05, 3.63) is 35.9 Å². The van der Waals surface area contributed by atoms with Gasteiger partial charge in [-0.05, 0) is 18.4 Å². The molecule has 6 heteroatoms. The smallest absolute Gasteiger partial charge is 0.359 e. The molecule has 0 amide bonds. The number of benzene rings is 1. The Morgan fingerprint density at radius 3 is 2.46 bits per heavy atom. The second-order valence-corrected chi connectivity index (χ2v) is 8.01. The van der Waals surface area contributed by atoms with Crippen LogP contribution in [0, 0.1) is 5.92 Å². The van der Waals surface area contributed by atoms with Gasteiger partial charge in [-0.2, -0.15) is 0 Å². The number of likely N-dealkylation sites (tertiary alicyclic amines) is 1. The molecule has 142 valence electrons. The fourth-order valence-corrected chi connectivity index (χ4v) is 4.49. The molecular formula is C20H28NO5+. The van der Waals surface area contributed by atoms with Crippen LogP contribution in [0.25, 0.3) is 0 Å². The molecule has 2 aliphatic rings. The first-order valence-electron chi connectivity index (χ1n) is 9.38. The highest BCUT2D eigenvalue weighted by molar-refractivity contribution is 5.81. The molecule has 3 rings (SSSR count). The summed E-state index contributed by atoms with van der Waals surface area (Å²) in [5.74, 6) is -1.59. The maximum Gasteiger partial charge on any atom is 0.359 e. The number of ether oxygens (including phenoxy) is 1. The van der Waals surface area contributed by atoms with E-state index in [1.54, 1.807) is 12.1 Å². The third-order valence-electron chi connectivity index (χ3n) is 5.90. The Hall–Kier alpha value is -1.92. The topological polar surface area (TPSA) is 83.8 Å². The van der Waals surface area contributed by atoms with Crippen LogP contribution < -0.4 is 0 Å². The Labute approximate surface area is 154 Å². The van der Waals surface area contributed by atoms with Gasteiger partial charge in [0.15, 0.2) is 18.2 Å². The first kappa shape index (κ1) is 18.9. The highest BCUT2D eigenvalue weighted by atomic mass is 16.6. The van der Waals surface area contributed by atoms with E-state index >= 15 is 0 Å². The van der Waals surface area contributed by atoms with Crippen LogP contribution >= 0.6 is 0 Å². The Morgan fingerprint density at radius 1 is 1.19 bits per heavy atom. The number of rotatable bonds is 6. The van der Waals surface area contributed by atoms with Gasteiger partial charge in [-0.1, -0.05) is 43.2 Å². The number of aliphatic carboxylic acids is 1. The van der Waals surface area contributed by atoms with Crippen molar-refractivity contribution in [1.29, 1.82) is 0 Å². The van der Waals surface area contributed by atoms with Gasteiger partial charge in [-0.3, -0.25) is 0 Å². The number of esters is 1. The van der Waals surface area contributed by atoms with Crippen LogP contribution in [0.1, 0.15) is 37.7 Å². The monoisotopic (exact) mass is 362 g/mol. The Balaban J connectivity index is 1.76. The highest BCUT2D eigenvalue weighted by Crippen LogP contribution is 2.42. The van der Waals surface area contributed by atoms with Gasteiger partial charge in [0.05, 0.1) is 13.6 Å². The summed E-state index contributed by atoms with van der Waals surface area (Å²) in [6.45, 7) is 1.13. The molecule has 1 saturated heterocycles. The van der Waals surface area contributed by atoms with Gasteiger partial charge >= 0.3 is 11.9 Å². The maximum atomic E-state index is 13.0. The fraction of sp³-hybridized carbons (Fsp3) is 0.600. The number of aliphatic hydroxyl groups is 1. The average Bonchev–Trinajstić information content (AvgIpc) is 3.25. The zero-order valence-corrected chi connectivity index (χ0v) is 15.3. The SMILES string of the molecule is C[N@@+]1(CC(=O)O)CC[C@H](OC(=O)C(O)(c2ccccc2)C2CCCC2)C1. The molecule has 2 fully saturated rings. The molecule has 1 aliphatic heterocycles. The van der Waals surface area contributed by atoms with Gasteiger partial charge in [0.2, 0.25) is 0 Å². The fourth-order valence-electron chi connectivity index (χ4n) is 4.49. The minimum Gasteiger partial charge on any atom is -0.477 e. The highest BCUT2D eigenvalue weighted by Gasteiger charge is 2.49. The van der Waals surface area contributed by atoms with E-state index < -0.39 is 17.5 Å². The summed E-state index contributed by atoms with van der Waals surface area (Å²) in [4.78, 5) is 24.1. The number of carbonyl (C=O) groups is 2. The largest absolute Gasteiger partial charge is 0.477 e. The maximum absolute atomic E-state index is 13.0. The lowest BCUT2D eigenvalue weighted by atomic mass is 9.80. The quantitative estimate of drug-likeness (QED) is 0.597. The summed E-state index contributed by atoms with van der Waals surface area (Å²) >= 11 is 0. The van der Waals surface area contributed by atoms with Crippen LogP contribution in [0.2, 0.25) is 0 Å². The second kappa shape index (κ2) is 7.37. The lowest BCUT2D eigenvalue weighted by Crippen LogP contribution is -2.48. The van der Waals surface area contributed by atoms with Crippen molar-refractivity contribution < 1.29 is 29.0 Å². The number of carboxylic acid groups (broad SMARTS) is 1. The van der Waals surface area contributed by atoms with Crippen molar-refractivity contribution >= 4 is 11.9 Å². The number of likely N-dealkylation sites (N-methyl/N-ethyl adjacent to an activating group) is 1. The molecule has 2 N–H and O–H groups in total. The molecule has 0 spiro atoms.